The molecule has 0 aromatic heterocycles. The lowest BCUT2D eigenvalue weighted by Crippen LogP contribution is -2.10. The second-order valence-corrected chi connectivity index (χ2v) is 3.39. The van der Waals surface area contributed by atoms with E-state index in [4.69, 9.17) is 5.11 Å². The molecule has 0 unspecified atom stereocenters. The van der Waals surface area contributed by atoms with Crippen LogP contribution >= 0.6 is 0 Å². The van der Waals surface area contributed by atoms with Gasteiger partial charge in [-0.2, -0.15) is 8.78 Å². The van der Waals surface area contributed by atoms with Gasteiger partial charge in [-0.3, -0.25) is 14.9 Å². The normalized spacial score (nSPS) is 10.4. The number of nitrogens with zero attached hydrogens (tertiary/aromatic N) is 1. The molecule has 18 heavy (non-hydrogen) atoms. The summed E-state index contributed by atoms with van der Waals surface area (Å²) in [4.78, 5) is 20.6. The van der Waals surface area contributed by atoms with Crippen molar-refractivity contribution in [3.63, 3.8) is 0 Å². The maximum atomic E-state index is 12.1. The number of carboxylic acids is 1. The first kappa shape index (κ1) is 13.8. The van der Waals surface area contributed by atoms with Crippen molar-refractivity contribution in [3.05, 3.63) is 33.4 Å². The van der Waals surface area contributed by atoms with Crippen molar-refractivity contribution < 1.29 is 28.3 Å². The van der Waals surface area contributed by atoms with Gasteiger partial charge in [0.15, 0.2) is 0 Å². The molecule has 0 aliphatic carbocycles. The van der Waals surface area contributed by atoms with Crippen molar-refractivity contribution in [3.8, 4) is 5.75 Å². The minimum Gasteiger partial charge on any atom is -0.481 e. The third kappa shape index (κ3) is 3.12. The van der Waals surface area contributed by atoms with Crippen LogP contribution in [0.3, 0.4) is 0 Å². The van der Waals surface area contributed by atoms with Gasteiger partial charge in [-0.05, 0) is 13.0 Å². The lowest BCUT2D eigenvalue weighted by atomic mass is 10.0. The molecule has 0 aliphatic heterocycles. The second-order valence-electron chi connectivity index (χ2n) is 3.39. The van der Waals surface area contributed by atoms with Crippen LogP contribution in [0.2, 0.25) is 0 Å². The molecule has 1 aromatic rings. The van der Waals surface area contributed by atoms with Crippen molar-refractivity contribution in [2.45, 2.75) is 20.0 Å². The van der Waals surface area contributed by atoms with Gasteiger partial charge in [0.25, 0.3) is 5.69 Å². The van der Waals surface area contributed by atoms with Gasteiger partial charge < -0.3 is 9.84 Å². The zero-order valence-electron chi connectivity index (χ0n) is 9.22. The summed E-state index contributed by atoms with van der Waals surface area (Å²) >= 11 is 0. The Morgan fingerprint density at radius 1 is 1.56 bits per heavy atom. The molecule has 0 atom stereocenters. The number of hydrogen-bond acceptors (Lipinski definition) is 4. The Labute approximate surface area is 99.9 Å². The maximum Gasteiger partial charge on any atom is 0.387 e. The number of rotatable bonds is 5. The molecule has 1 aromatic carbocycles. The fourth-order valence-corrected chi connectivity index (χ4v) is 1.49. The fraction of sp³-hybridized carbons (Fsp3) is 0.300. The van der Waals surface area contributed by atoms with Crippen LogP contribution in [0.1, 0.15) is 11.1 Å². The Bertz CT molecular complexity index is 489. The molecular weight excluding hydrogens is 252 g/mol. The number of aliphatic carboxylic acids is 1. The summed E-state index contributed by atoms with van der Waals surface area (Å²) in [7, 11) is 0. The number of hydrogen-bond donors (Lipinski definition) is 1. The van der Waals surface area contributed by atoms with Crippen LogP contribution in [0.15, 0.2) is 12.1 Å². The number of nitro groups is 1. The Morgan fingerprint density at radius 2 is 2.17 bits per heavy atom. The van der Waals surface area contributed by atoms with Crippen LogP contribution in [0.25, 0.3) is 0 Å². The van der Waals surface area contributed by atoms with Gasteiger partial charge >= 0.3 is 12.6 Å². The first-order valence-electron chi connectivity index (χ1n) is 4.76. The molecule has 0 saturated carbocycles. The topological polar surface area (TPSA) is 89.7 Å². The quantitative estimate of drug-likeness (QED) is 0.647. The van der Waals surface area contributed by atoms with E-state index in [1.165, 1.54) is 6.92 Å². The molecule has 0 radical (unpaired) electrons. The highest BCUT2D eigenvalue weighted by molar-refractivity contribution is 5.73. The van der Waals surface area contributed by atoms with E-state index in [1.54, 1.807) is 0 Å². The predicted octanol–water partition coefficient (Wildman–Crippen LogP) is 2.13. The minimum absolute atomic E-state index is 0.000509. The first-order valence-corrected chi connectivity index (χ1v) is 4.76. The van der Waals surface area contributed by atoms with E-state index in [9.17, 15) is 23.7 Å². The molecule has 1 N–H and O–H groups in total. The van der Waals surface area contributed by atoms with Crippen LogP contribution < -0.4 is 4.74 Å². The summed E-state index contributed by atoms with van der Waals surface area (Å²) in [5, 5.41) is 19.3. The van der Waals surface area contributed by atoms with Crippen molar-refractivity contribution in [1.82, 2.24) is 0 Å². The molecule has 0 fully saturated rings. The SMILES string of the molecule is Cc1c([N+](=O)[O-])ccc(OC(F)F)c1CC(=O)O. The van der Waals surface area contributed by atoms with Crippen molar-refractivity contribution >= 4 is 11.7 Å². The van der Waals surface area contributed by atoms with E-state index < -0.39 is 23.9 Å². The van der Waals surface area contributed by atoms with Gasteiger partial charge in [0.1, 0.15) is 5.75 Å². The zero-order valence-corrected chi connectivity index (χ0v) is 9.22. The molecule has 0 aliphatic rings. The minimum atomic E-state index is -3.13. The Balaban J connectivity index is 3.31. The average Bonchev–Trinajstić information content (AvgIpc) is 2.21. The number of carbonyl (C=O) groups is 1. The molecule has 0 spiro atoms. The van der Waals surface area contributed by atoms with Gasteiger partial charge in [0.2, 0.25) is 0 Å². The smallest absolute Gasteiger partial charge is 0.387 e. The lowest BCUT2D eigenvalue weighted by molar-refractivity contribution is -0.385. The first-order chi connectivity index (χ1) is 8.32. The lowest BCUT2D eigenvalue weighted by Gasteiger charge is -2.11. The van der Waals surface area contributed by atoms with E-state index in [2.05, 4.69) is 4.74 Å². The van der Waals surface area contributed by atoms with E-state index in [0.717, 1.165) is 12.1 Å². The number of carboxylic acid groups (broad SMARTS) is 1. The standard InChI is InChI=1S/C10H9F2NO5/c1-5-6(4-9(14)15)8(18-10(11)12)3-2-7(5)13(16)17/h2-3,10H,4H2,1H3,(H,14,15). The molecule has 8 heteroatoms. The molecule has 0 bridgehead atoms. The highest BCUT2D eigenvalue weighted by Gasteiger charge is 2.21. The fourth-order valence-electron chi connectivity index (χ4n) is 1.49. The molecule has 0 saturated heterocycles. The van der Waals surface area contributed by atoms with Gasteiger partial charge in [-0.15, -0.1) is 0 Å². The Kier molecular flexibility index (Phi) is 4.13. The molecule has 0 heterocycles. The second kappa shape index (κ2) is 5.39. The van der Waals surface area contributed by atoms with Crippen LogP contribution in [0.4, 0.5) is 14.5 Å². The van der Waals surface area contributed by atoms with E-state index >= 15 is 0 Å². The summed E-state index contributed by atoms with van der Waals surface area (Å²) in [5.74, 6) is -1.66. The summed E-state index contributed by atoms with van der Waals surface area (Å²) in [6.07, 6.45) is -0.629. The van der Waals surface area contributed by atoms with Gasteiger partial charge in [0.05, 0.1) is 11.3 Å². The maximum absolute atomic E-state index is 12.1. The van der Waals surface area contributed by atoms with E-state index in [0.29, 0.717) is 0 Å². The Morgan fingerprint density at radius 3 is 2.61 bits per heavy atom. The van der Waals surface area contributed by atoms with Crippen molar-refractivity contribution in [2.24, 2.45) is 0 Å². The number of ether oxygens (including phenoxy) is 1. The summed E-state index contributed by atoms with van der Waals surface area (Å²) in [6.45, 7) is -1.84. The molecular formula is C10H9F2NO5. The van der Waals surface area contributed by atoms with Crippen LogP contribution in [0, 0.1) is 17.0 Å². The number of nitro benzene ring substituents is 1. The summed E-state index contributed by atoms with van der Waals surface area (Å²) in [5.41, 5.74) is -0.467. The van der Waals surface area contributed by atoms with E-state index in [1.807, 2.05) is 0 Å². The van der Waals surface area contributed by atoms with Crippen molar-refractivity contribution in [2.75, 3.05) is 0 Å². The van der Waals surface area contributed by atoms with Gasteiger partial charge in [0, 0.05) is 17.2 Å². The molecule has 98 valence electrons. The van der Waals surface area contributed by atoms with E-state index in [-0.39, 0.29) is 22.6 Å². The van der Waals surface area contributed by atoms with Crippen molar-refractivity contribution in [1.29, 1.82) is 0 Å². The van der Waals surface area contributed by atoms with Gasteiger partial charge in [-0.25, -0.2) is 0 Å². The average molecular weight is 261 g/mol. The van der Waals surface area contributed by atoms with Crippen LogP contribution in [0.5, 0.6) is 5.75 Å². The molecule has 0 amide bonds. The van der Waals surface area contributed by atoms with Crippen LogP contribution in [-0.2, 0) is 11.2 Å². The summed E-state index contributed by atoms with van der Waals surface area (Å²) in [6, 6.07) is 1.97. The van der Waals surface area contributed by atoms with Gasteiger partial charge in [-0.1, -0.05) is 0 Å². The highest BCUT2D eigenvalue weighted by Crippen LogP contribution is 2.31. The zero-order chi connectivity index (χ0) is 13.9. The third-order valence-electron chi connectivity index (χ3n) is 2.27. The summed E-state index contributed by atoms with van der Waals surface area (Å²) < 4.78 is 28.4. The monoisotopic (exact) mass is 261 g/mol. The predicted molar refractivity (Wildman–Crippen MR) is 55.8 cm³/mol. The van der Waals surface area contributed by atoms with Crippen LogP contribution in [-0.4, -0.2) is 22.6 Å². The largest absolute Gasteiger partial charge is 0.481 e. The Hall–Kier alpha value is -2.25. The number of alkyl halides is 2. The highest BCUT2D eigenvalue weighted by atomic mass is 19.3. The third-order valence-corrected chi connectivity index (χ3v) is 2.27. The molecule has 1 rings (SSSR count). The number of benzene rings is 1. The molecule has 6 nitrogen and oxygen atoms in total. The number of halogens is 2.